The molecule has 1 aromatic heterocycles. The summed E-state index contributed by atoms with van der Waals surface area (Å²) in [5.41, 5.74) is 1.39. The molecule has 1 fully saturated rings. The van der Waals surface area contributed by atoms with Crippen molar-refractivity contribution in [3.8, 4) is 0 Å². The van der Waals surface area contributed by atoms with Crippen molar-refractivity contribution in [1.82, 2.24) is 14.9 Å². The van der Waals surface area contributed by atoms with Crippen molar-refractivity contribution in [2.24, 2.45) is 9.98 Å². The maximum Gasteiger partial charge on any atom is 0.219 e. The van der Waals surface area contributed by atoms with Crippen molar-refractivity contribution >= 4 is 29.9 Å². The van der Waals surface area contributed by atoms with E-state index >= 15 is 0 Å². The lowest BCUT2D eigenvalue weighted by atomic mass is 9.92. The zero-order valence-corrected chi connectivity index (χ0v) is 15.0. The van der Waals surface area contributed by atoms with Crippen LogP contribution in [0.25, 0.3) is 0 Å². The molecule has 0 N–H and O–H groups in total. The summed E-state index contributed by atoms with van der Waals surface area (Å²) in [6.07, 6.45) is 4.91. The molecule has 2 heterocycles. The molecule has 7 heteroatoms. The Kier molecular flexibility index (Phi) is 6.20. The highest BCUT2D eigenvalue weighted by Crippen LogP contribution is 2.29. The van der Waals surface area contributed by atoms with Crippen LogP contribution in [0.3, 0.4) is 0 Å². The summed E-state index contributed by atoms with van der Waals surface area (Å²) in [7, 11) is 0. The van der Waals surface area contributed by atoms with E-state index in [9.17, 15) is 4.79 Å². The van der Waals surface area contributed by atoms with Gasteiger partial charge in [0.2, 0.25) is 5.91 Å². The van der Waals surface area contributed by atoms with E-state index in [-0.39, 0.29) is 17.9 Å². The Morgan fingerprint density at radius 3 is 2.79 bits per heavy atom. The largest absolute Gasteiger partial charge is 0.340 e. The molecule has 1 aliphatic rings. The van der Waals surface area contributed by atoms with E-state index in [4.69, 9.17) is 11.6 Å². The van der Waals surface area contributed by atoms with Crippen LogP contribution in [0.2, 0.25) is 5.15 Å². The van der Waals surface area contributed by atoms with Gasteiger partial charge in [0.25, 0.3) is 0 Å². The van der Waals surface area contributed by atoms with Crippen molar-refractivity contribution in [2.45, 2.75) is 45.6 Å². The lowest BCUT2D eigenvalue weighted by Gasteiger charge is -2.36. The van der Waals surface area contributed by atoms with Gasteiger partial charge < -0.3 is 4.90 Å². The van der Waals surface area contributed by atoms with Gasteiger partial charge in [-0.3, -0.25) is 14.8 Å². The number of piperidine rings is 1. The first-order valence-electron chi connectivity index (χ1n) is 7.89. The van der Waals surface area contributed by atoms with Crippen LogP contribution in [0.4, 0.5) is 0 Å². The summed E-state index contributed by atoms with van der Waals surface area (Å²) in [5.74, 6) is 0.825. The number of likely N-dealkylation sites (tertiary alicyclic amines) is 1. The Bertz CT molecular complexity index is 686. The molecule has 2 atom stereocenters. The molecule has 1 saturated heterocycles. The van der Waals surface area contributed by atoms with Crippen molar-refractivity contribution in [3.05, 3.63) is 35.1 Å². The summed E-state index contributed by atoms with van der Waals surface area (Å²) in [4.78, 5) is 30.5. The molecule has 0 aromatic carbocycles. The molecule has 2 rings (SSSR count). The molecule has 0 saturated carbocycles. The number of hydrogen-bond acceptors (Lipinski definition) is 5. The molecular weight excluding hydrogens is 326 g/mol. The van der Waals surface area contributed by atoms with Gasteiger partial charge in [-0.15, -0.1) is 0 Å². The van der Waals surface area contributed by atoms with Crippen molar-refractivity contribution in [3.63, 3.8) is 0 Å². The van der Waals surface area contributed by atoms with Crippen molar-refractivity contribution in [2.75, 3.05) is 6.54 Å². The van der Waals surface area contributed by atoms with Crippen LogP contribution in [0.15, 0.2) is 28.5 Å². The highest BCUT2D eigenvalue weighted by atomic mass is 35.5. The van der Waals surface area contributed by atoms with Crippen LogP contribution < -0.4 is 0 Å². The van der Waals surface area contributed by atoms with E-state index in [0.717, 1.165) is 12.8 Å². The summed E-state index contributed by atoms with van der Waals surface area (Å²) in [5, 5.41) is 0.378. The Morgan fingerprint density at radius 2 is 2.12 bits per heavy atom. The van der Waals surface area contributed by atoms with E-state index < -0.39 is 0 Å². The minimum atomic E-state index is 0.0780. The lowest BCUT2D eigenvalue weighted by Crippen LogP contribution is -2.44. The number of halogens is 1. The van der Waals surface area contributed by atoms with E-state index in [1.807, 2.05) is 11.8 Å². The molecule has 0 radical (unpaired) electrons. The number of aromatic nitrogens is 2. The highest BCUT2D eigenvalue weighted by molar-refractivity contribution is 6.29. The van der Waals surface area contributed by atoms with Gasteiger partial charge in [0.15, 0.2) is 0 Å². The molecule has 24 heavy (non-hydrogen) atoms. The van der Waals surface area contributed by atoms with Crippen LogP contribution in [-0.4, -0.2) is 45.8 Å². The van der Waals surface area contributed by atoms with E-state index in [0.29, 0.717) is 28.9 Å². The first-order chi connectivity index (χ1) is 11.4. The Morgan fingerprint density at radius 1 is 1.38 bits per heavy atom. The van der Waals surface area contributed by atoms with Gasteiger partial charge in [-0.2, -0.15) is 0 Å². The number of nitrogens with zero attached hydrogens (tertiary/aromatic N) is 5. The van der Waals surface area contributed by atoms with Crippen molar-refractivity contribution in [1.29, 1.82) is 0 Å². The van der Waals surface area contributed by atoms with Crippen LogP contribution in [0, 0.1) is 0 Å². The quantitative estimate of drug-likeness (QED) is 0.620. The van der Waals surface area contributed by atoms with Gasteiger partial charge in [-0.1, -0.05) is 11.6 Å². The molecule has 128 valence electrons. The Balaban J connectivity index is 2.28. The number of carbonyl (C=O) groups is 1. The Hall–Kier alpha value is -2.08. The lowest BCUT2D eigenvalue weighted by molar-refractivity contribution is -0.132. The number of carbonyl (C=O) groups excluding carboxylic acids is 1. The zero-order chi connectivity index (χ0) is 17.7. The number of amides is 1. The molecular formula is C17H22ClN5O. The second kappa shape index (κ2) is 8.15. The Labute approximate surface area is 147 Å². The molecule has 0 aliphatic carbocycles. The second-order valence-corrected chi connectivity index (χ2v) is 6.31. The fraction of sp³-hybridized carbons (Fsp3) is 0.471. The van der Waals surface area contributed by atoms with Crippen molar-refractivity contribution < 1.29 is 4.79 Å². The second-order valence-electron chi connectivity index (χ2n) is 5.92. The van der Waals surface area contributed by atoms with Gasteiger partial charge in [0.05, 0.1) is 11.4 Å². The molecule has 1 aromatic rings. The maximum atomic E-state index is 11.8. The number of rotatable bonds is 4. The highest BCUT2D eigenvalue weighted by Gasteiger charge is 2.30. The van der Waals surface area contributed by atoms with Crippen LogP contribution in [-0.2, 0) is 4.79 Å². The fourth-order valence-electron chi connectivity index (χ4n) is 2.82. The third-order valence-corrected chi connectivity index (χ3v) is 4.37. The maximum absolute atomic E-state index is 11.8. The standard InChI is InChI=1S/C17H22ClN5O/c1-11-5-6-14(10-23(11)13(3)24)17-21-15(9-16(18)22-17)12(2)20-8-7-19-4/h7-9,11,14H,4-6,10H2,1-3H3/b8-7-,20-12?/t11-,14+/m0/s1. The average Bonchev–Trinajstić information content (AvgIpc) is 2.54. The summed E-state index contributed by atoms with van der Waals surface area (Å²) in [6.45, 7) is 9.49. The fourth-order valence-corrected chi connectivity index (χ4v) is 3.01. The van der Waals surface area contributed by atoms with Gasteiger partial charge in [0, 0.05) is 43.9 Å². The predicted octanol–water partition coefficient (Wildman–Crippen LogP) is 3.23. The zero-order valence-electron chi connectivity index (χ0n) is 14.2. The minimum absolute atomic E-state index is 0.0780. The molecule has 0 spiro atoms. The smallest absolute Gasteiger partial charge is 0.219 e. The van der Waals surface area contributed by atoms with E-state index in [1.165, 1.54) is 6.20 Å². The van der Waals surface area contributed by atoms with Gasteiger partial charge in [-0.25, -0.2) is 9.97 Å². The van der Waals surface area contributed by atoms with Gasteiger partial charge in [-0.05, 0) is 33.4 Å². The normalized spacial score (nSPS) is 22.0. The molecule has 0 bridgehead atoms. The van der Waals surface area contributed by atoms with E-state index in [2.05, 4.69) is 33.6 Å². The average molecular weight is 348 g/mol. The molecule has 0 unspecified atom stereocenters. The van der Waals surface area contributed by atoms with Crippen LogP contribution in [0.1, 0.15) is 51.0 Å². The first-order valence-corrected chi connectivity index (χ1v) is 8.27. The van der Waals surface area contributed by atoms with Gasteiger partial charge >= 0.3 is 0 Å². The summed E-state index contributed by atoms with van der Waals surface area (Å²) in [6, 6.07) is 1.94. The third-order valence-electron chi connectivity index (χ3n) is 4.17. The predicted molar refractivity (Wildman–Crippen MR) is 96.8 cm³/mol. The molecule has 6 nitrogen and oxygen atoms in total. The number of hydrogen-bond donors (Lipinski definition) is 0. The topological polar surface area (TPSA) is 70.8 Å². The van der Waals surface area contributed by atoms with Gasteiger partial charge in [0.1, 0.15) is 11.0 Å². The summed E-state index contributed by atoms with van der Waals surface area (Å²) >= 11 is 6.17. The van der Waals surface area contributed by atoms with Crippen LogP contribution >= 0.6 is 11.6 Å². The van der Waals surface area contributed by atoms with E-state index in [1.54, 1.807) is 19.2 Å². The first kappa shape index (κ1) is 18.3. The van der Waals surface area contributed by atoms with Crippen LogP contribution in [0.5, 0.6) is 0 Å². The third kappa shape index (κ3) is 4.47. The minimum Gasteiger partial charge on any atom is -0.340 e. The molecule has 1 aliphatic heterocycles. The number of aliphatic imine (C=N–C) groups is 2. The summed E-state index contributed by atoms with van der Waals surface area (Å²) < 4.78 is 0. The SMILES string of the molecule is C=N/C=C\N=C(C)c1cc(Cl)nc([C@@H]2CC[C@H](C)N(C(C)=O)C2)n1. The monoisotopic (exact) mass is 347 g/mol. The molecule has 1 amide bonds.